The highest BCUT2D eigenvalue weighted by Gasteiger charge is 2.02. The maximum Gasteiger partial charge on any atom is 0.224 e. The van der Waals surface area contributed by atoms with Crippen molar-refractivity contribution in [3.05, 3.63) is 29.8 Å². The summed E-state index contributed by atoms with van der Waals surface area (Å²) in [5.74, 6) is 0.00528. The number of anilines is 1. The van der Waals surface area contributed by atoms with Crippen LogP contribution in [0, 0.1) is 0 Å². The first-order valence-electron chi connectivity index (χ1n) is 5.61. The van der Waals surface area contributed by atoms with Crippen molar-refractivity contribution in [1.82, 2.24) is 4.90 Å². The highest BCUT2D eigenvalue weighted by molar-refractivity contribution is 5.91. The largest absolute Gasteiger partial charge is 0.326 e. The van der Waals surface area contributed by atoms with E-state index in [1.54, 1.807) is 24.3 Å². The van der Waals surface area contributed by atoms with Crippen molar-refractivity contribution in [2.75, 3.05) is 26.0 Å². The number of nitrogens with one attached hydrogen (secondary N) is 1. The smallest absolute Gasteiger partial charge is 0.224 e. The maximum absolute atomic E-state index is 11.5. The third kappa shape index (κ3) is 5.26. The SMILES string of the molecule is CN(C)CCCC(=O)Nc1ccc(C=O)cc1. The molecule has 17 heavy (non-hydrogen) atoms. The molecule has 1 N–H and O–H groups in total. The molecule has 0 spiro atoms. The summed E-state index contributed by atoms with van der Waals surface area (Å²) in [5.41, 5.74) is 1.33. The van der Waals surface area contributed by atoms with Crippen LogP contribution < -0.4 is 5.32 Å². The van der Waals surface area contributed by atoms with E-state index < -0.39 is 0 Å². The van der Waals surface area contributed by atoms with Gasteiger partial charge in [-0.1, -0.05) is 0 Å². The van der Waals surface area contributed by atoms with Gasteiger partial charge in [0.05, 0.1) is 0 Å². The lowest BCUT2D eigenvalue weighted by molar-refractivity contribution is -0.116. The van der Waals surface area contributed by atoms with E-state index in [2.05, 4.69) is 5.32 Å². The van der Waals surface area contributed by atoms with Crippen molar-refractivity contribution in [2.24, 2.45) is 0 Å². The number of benzene rings is 1. The van der Waals surface area contributed by atoms with Crippen molar-refractivity contribution in [3.63, 3.8) is 0 Å². The molecule has 92 valence electrons. The summed E-state index contributed by atoms with van der Waals surface area (Å²) in [6, 6.07) is 6.83. The molecule has 0 fully saturated rings. The molecule has 0 aromatic heterocycles. The Morgan fingerprint density at radius 1 is 1.29 bits per heavy atom. The minimum atomic E-state index is 0.00528. The van der Waals surface area contributed by atoms with Crippen LogP contribution in [0.3, 0.4) is 0 Å². The molecule has 0 bridgehead atoms. The first-order chi connectivity index (χ1) is 8.11. The zero-order valence-corrected chi connectivity index (χ0v) is 10.3. The van der Waals surface area contributed by atoms with Gasteiger partial charge >= 0.3 is 0 Å². The molecule has 0 aliphatic carbocycles. The maximum atomic E-state index is 11.5. The molecule has 1 amide bonds. The molecule has 0 unspecified atom stereocenters. The van der Waals surface area contributed by atoms with Gasteiger partial charge in [-0.05, 0) is 51.3 Å². The van der Waals surface area contributed by atoms with E-state index in [1.807, 2.05) is 19.0 Å². The number of hydrogen-bond acceptors (Lipinski definition) is 3. The summed E-state index contributed by atoms with van der Waals surface area (Å²) in [4.78, 5) is 24.1. The Kier molecular flexibility index (Phi) is 5.36. The third-order valence-corrected chi connectivity index (χ3v) is 2.34. The van der Waals surface area contributed by atoms with Crippen LogP contribution in [0.25, 0.3) is 0 Å². The minimum Gasteiger partial charge on any atom is -0.326 e. The Bertz CT molecular complexity index is 372. The van der Waals surface area contributed by atoms with Crippen LogP contribution in [0.15, 0.2) is 24.3 Å². The summed E-state index contributed by atoms with van der Waals surface area (Å²) in [6.07, 6.45) is 2.13. The molecule has 1 aromatic carbocycles. The van der Waals surface area contributed by atoms with Crippen molar-refractivity contribution < 1.29 is 9.59 Å². The summed E-state index contributed by atoms with van der Waals surface area (Å²) >= 11 is 0. The van der Waals surface area contributed by atoms with E-state index in [1.165, 1.54) is 0 Å². The van der Waals surface area contributed by atoms with Crippen molar-refractivity contribution in [3.8, 4) is 0 Å². The number of amides is 1. The van der Waals surface area contributed by atoms with Crippen LogP contribution in [0.5, 0.6) is 0 Å². The van der Waals surface area contributed by atoms with E-state index in [4.69, 9.17) is 0 Å². The average molecular weight is 234 g/mol. The van der Waals surface area contributed by atoms with Gasteiger partial charge in [0.1, 0.15) is 6.29 Å². The predicted octanol–water partition coefficient (Wildman–Crippen LogP) is 1.78. The average Bonchev–Trinajstić information content (AvgIpc) is 2.29. The Labute approximate surface area is 102 Å². The van der Waals surface area contributed by atoms with Gasteiger partial charge < -0.3 is 10.2 Å². The second-order valence-electron chi connectivity index (χ2n) is 4.19. The van der Waals surface area contributed by atoms with Crippen LogP contribution >= 0.6 is 0 Å². The Morgan fingerprint density at radius 3 is 2.47 bits per heavy atom. The number of aldehydes is 1. The quantitative estimate of drug-likeness (QED) is 0.763. The summed E-state index contributed by atoms with van der Waals surface area (Å²) in [5, 5.41) is 2.79. The van der Waals surface area contributed by atoms with Crippen LogP contribution in [0.2, 0.25) is 0 Å². The number of hydrogen-bond donors (Lipinski definition) is 1. The molecule has 1 aromatic rings. The van der Waals surface area contributed by atoms with Gasteiger partial charge in [0.15, 0.2) is 0 Å². The lowest BCUT2D eigenvalue weighted by Crippen LogP contribution is -2.17. The lowest BCUT2D eigenvalue weighted by atomic mass is 10.2. The second kappa shape index (κ2) is 6.81. The van der Waals surface area contributed by atoms with E-state index in [-0.39, 0.29) is 5.91 Å². The first-order valence-corrected chi connectivity index (χ1v) is 5.61. The molecule has 4 nitrogen and oxygen atoms in total. The Balaban J connectivity index is 2.37. The zero-order valence-electron chi connectivity index (χ0n) is 10.3. The van der Waals surface area contributed by atoms with E-state index >= 15 is 0 Å². The normalized spacial score (nSPS) is 10.3. The van der Waals surface area contributed by atoms with Gasteiger partial charge in [-0.2, -0.15) is 0 Å². The highest BCUT2D eigenvalue weighted by atomic mass is 16.1. The number of nitrogens with zero attached hydrogens (tertiary/aromatic N) is 1. The molecule has 0 aliphatic heterocycles. The first kappa shape index (κ1) is 13.4. The molecule has 0 saturated carbocycles. The second-order valence-corrected chi connectivity index (χ2v) is 4.19. The predicted molar refractivity (Wildman–Crippen MR) is 68.2 cm³/mol. The van der Waals surface area contributed by atoms with Crippen molar-refractivity contribution in [1.29, 1.82) is 0 Å². The monoisotopic (exact) mass is 234 g/mol. The van der Waals surface area contributed by atoms with Gasteiger partial charge in [-0.3, -0.25) is 9.59 Å². The molecule has 1 rings (SSSR count). The number of carbonyl (C=O) groups is 2. The van der Waals surface area contributed by atoms with E-state index in [0.717, 1.165) is 24.9 Å². The van der Waals surface area contributed by atoms with Crippen LogP contribution in [-0.4, -0.2) is 37.7 Å². The van der Waals surface area contributed by atoms with Gasteiger partial charge in [-0.25, -0.2) is 0 Å². The Hall–Kier alpha value is -1.68. The molecule has 0 atom stereocenters. The lowest BCUT2D eigenvalue weighted by Gasteiger charge is -2.09. The molecule has 0 aliphatic rings. The molecule has 0 heterocycles. The number of carbonyl (C=O) groups excluding carboxylic acids is 2. The molecule has 0 radical (unpaired) electrons. The molecule has 4 heteroatoms. The zero-order chi connectivity index (χ0) is 12.7. The third-order valence-electron chi connectivity index (χ3n) is 2.34. The summed E-state index contributed by atoms with van der Waals surface area (Å²) in [6.45, 7) is 0.900. The van der Waals surface area contributed by atoms with Gasteiger partial charge in [-0.15, -0.1) is 0 Å². The van der Waals surface area contributed by atoms with Crippen molar-refractivity contribution >= 4 is 17.9 Å². The van der Waals surface area contributed by atoms with E-state index in [9.17, 15) is 9.59 Å². The topological polar surface area (TPSA) is 49.4 Å². The standard InChI is InChI=1S/C13H18N2O2/c1-15(2)9-3-4-13(17)14-12-7-5-11(10-16)6-8-12/h5-8,10H,3-4,9H2,1-2H3,(H,14,17). The van der Waals surface area contributed by atoms with Crippen molar-refractivity contribution in [2.45, 2.75) is 12.8 Å². The highest BCUT2D eigenvalue weighted by Crippen LogP contribution is 2.08. The fourth-order valence-electron chi connectivity index (χ4n) is 1.42. The molecular formula is C13H18N2O2. The van der Waals surface area contributed by atoms with E-state index in [0.29, 0.717) is 12.0 Å². The fraction of sp³-hybridized carbons (Fsp3) is 0.385. The van der Waals surface area contributed by atoms with Gasteiger partial charge in [0, 0.05) is 17.7 Å². The van der Waals surface area contributed by atoms with Gasteiger partial charge in [0.25, 0.3) is 0 Å². The van der Waals surface area contributed by atoms with Crippen LogP contribution in [0.4, 0.5) is 5.69 Å². The van der Waals surface area contributed by atoms with Crippen LogP contribution in [0.1, 0.15) is 23.2 Å². The summed E-state index contributed by atoms with van der Waals surface area (Å²) < 4.78 is 0. The number of rotatable bonds is 6. The van der Waals surface area contributed by atoms with Gasteiger partial charge in [0.2, 0.25) is 5.91 Å². The fourth-order valence-corrected chi connectivity index (χ4v) is 1.42. The minimum absolute atomic E-state index is 0.00528. The summed E-state index contributed by atoms with van der Waals surface area (Å²) in [7, 11) is 3.96. The van der Waals surface area contributed by atoms with Crippen LogP contribution in [-0.2, 0) is 4.79 Å². The molecular weight excluding hydrogens is 216 g/mol. The Morgan fingerprint density at radius 2 is 1.94 bits per heavy atom. The molecule has 0 saturated heterocycles.